The van der Waals surface area contributed by atoms with E-state index in [1.165, 1.54) is 6.07 Å². The highest BCUT2D eigenvalue weighted by molar-refractivity contribution is 6.10. The number of aliphatic carboxylic acids is 1. The molecule has 2 fully saturated rings. The number of aromatic nitrogens is 3. The van der Waals surface area contributed by atoms with E-state index in [2.05, 4.69) is 25.4 Å². The highest BCUT2D eigenvalue weighted by Gasteiger charge is 2.65. The molecule has 0 unspecified atom stereocenters. The molecule has 7 rings (SSSR count). The predicted molar refractivity (Wildman–Crippen MR) is 150 cm³/mol. The molecule has 0 bridgehead atoms. The topological polar surface area (TPSA) is 120 Å². The Morgan fingerprint density at radius 1 is 1.12 bits per heavy atom. The number of ether oxygens (including phenoxy) is 1. The summed E-state index contributed by atoms with van der Waals surface area (Å²) in [5.41, 5.74) is 4.01. The fourth-order valence-corrected chi connectivity index (χ4v) is 5.64. The summed E-state index contributed by atoms with van der Waals surface area (Å²) in [5, 5.41) is 18.2. The van der Waals surface area contributed by atoms with Crippen LogP contribution in [0.4, 0.5) is 29.1 Å². The molecule has 1 saturated carbocycles. The van der Waals surface area contributed by atoms with Crippen molar-refractivity contribution in [3.8, 4) is 0 Å². The molecule has 2 aromatic heterocycles. The number of amides is 1. The van der Waals surface area contributed by atoms with Gasteiger partial charge in [0.15, 0.2) is 0 Å². The van der Waals surface area contributed by atoms with Crippen molar-refractivity contribution in [3.63, 3.8) is 0 Å². The number of nitrogens with one attached hydrogen (secondary N) is 2. The molecular formula is C30H25F4N5O4. The summed E-state index contributed by atoms with van der Waals surface area (Å²) in [6, 6.07) is 15.0. The molecule has 43 heavy (non-hydrogen) atoms. The average molecular weight is 596 g/mol. The zero-order valence-corrected chi connectivity index (χ0v) is 22.5. The minimum atomic E-state index is -5.08. The smallest absolute Gasteiger partial charge is 0.475 e. The van der Waals surface area contributed by atoms with Crippen molar-refractivity contribution >= 4 is 46.4 Å². The van der Waals surface area contributed by atoms with E-state index in [4.69, 9.17) is 14.6 Å². The van der Waals surface area contributed by atoms with Crippen LogP contribution >= 0.6 is 0 Å². The van der Waals surface area contributed by atoms with Crippen LogP contribution in [0.25, 0.3) is 23.1 Å². The molecule has 4 aromatic rings. The van der Waals surface area contributed by atoms with Crippen LogP contribution in [0.5, 0.6) is 0 Å². The number of fused-ring (bicyclic) bond motifs is 3. The second-order valence-corrected chi connectivity index (χ2v) is 10.4. The van der Waals surface area contributed by atoms with Crippen molar-refractivity contribution in [1.82, 2.24) is 15.2 Å². The summed E-state index contributed by atoms with van der Waals surface area (Å²) in [4.78, 5) is 28.5. The SMILES string of the molecule is O=C(O)C(F)(F)F.O=C1Nc2ccccc2[C@]12C[C@@H]2c1cc2[nH]nc(/C=C/c3ccc(N4CCOCC4)nc3)c2cc1F. The van der Waals surface area contributed by atoms with Gasteiger partial charge in [-0.3, -0.25) is 9.89 Å². The van der Waals surface area contributed by atoms with Gasteiger partial charge >= 0.3 is 12.1 Å². The number of benzene rings is 2. The second-order valence-electron chi connectivity index (χ2n) is 10.4. The van der Waals surface area contributed by atoms with E-state index in [1.54, 1.807) is 6.07 Å². The van der Waals surface area contributed by atoms with Gasteiger partial charge in [0.25, 0.3) is 0 Å². The lowest BCUT2D eigenvalue weighted by Gasteiger charge is -2.27. The van der Waals surface area contributed by atoms with Crippen molar-refractivity contribution in [1.29, 1.82) is 0 Å². The zero-order valence-electron chi connectivity index (χ0n) is 22.5. The number of aromatic amines is 1. The maximum Gasteiger partial charge on any atom is 0.490 e. The molecule has 1 spiro atoms. The molecule has 2 atom stereocenters. The number of hydrogen-bond acceptors (Lipinski definition) is 6. The van der Waals surface area contributed by atoms with E-state index in [9.17, 15) is 18.0 Å². The third-order valence-electron chi connectivity index (χ3n) is 7.89. The Morgan fingerprint density at radius 2 is 1.86 bits per heavy atom. The number of halogens is 4. The average Bonchev–Trinajstić information content (AvgIpc) is 3.53. The summed E-state index contributed by atoms with van der Waals surface area (Å²) in [6.07, 6.45) is 1.13. The van der Waals surface area contributed by atoms with Crippen LogP contribution in [0.1, 0.15) is 34.7 Å². The summed E-state index contributed by atoms with van der Waals surface area (Å²) in [5.74, 6) is -2.37. The van der Waals surface area contributed by atoms with E-state index < -0.39 is 17.6 Å². The first-order valence-electron chi connectivity index (χ1n) is 13.4. The van der Waals surface area contributed by atoms with Crippen molar-refractivity contribution in [2.24, 2.45) is 0 Å². The van der Waals surface area contributed by atoms with Gasteiger partial charge in [-0.25, -0.2) is 14.2 Å². The third kappa shape index (κ3) is 5.31. The lowest BCUT2D eigenvalue weighted by molar-refractivity contribution is -0.192. The van der Waals surface area contributed by atoms with E-state index in [-0.39, 0.29) is 17.6 Å². The number of rotatable bonds is 4. The minimum Gasteiger partial charge on any atom is -0.475 e. The van der Waals surface area contributed by atoms with Crippen molar-refractivity contribution in [3.05, 3.63) is 82.9 Å². The molecule has 3 N–H and O–H groups in total. The maximum atomic E-state index is 15.4. The van der Waals surface area contributed by atoms with E-state index in [0.29, 0.717) is 23.1 Å². The predicted octanol–water partition coefficient (Wildman–Crippen LogP) is 5.11. The van der Waals surface area contributed by atoms with Crippen molar-refractivity contribution in [2.75, 3.05) is 36.5 Å². The summed E-state index contributed by atoms with van der Waals surface area (Å²) in [7, 11) is 0. The van der Waals surface area contributed by atoms with Gasteiger partial charge < -0.3 is 20.1 Å². The number of carbonyl (C=O) groups excluding carboxylic acids is 1. The van der Waals surface area contributed by atoms with E-state index in [1.807, 2.05) is 54.7 Å². The monoisotopic (exact) mass is 595 g/mol. The molecule has 1 amide bonds. The number of hydrogen-bond donors (Lipinski definition) is 3. The number of nitrogens with zero attached hydrogens (tertiary/aromatic N) is 3. The summed E-state index contributed by atoms with van der Waals surface area (Å²) >= 11 is 0. The fraction of sp³-hybridized carbons (Fsp3) is 0.267. The molecular weight excluding hydrogens is 570 g/mol. The number of carboxylic acids is 1. The fourth-order valence-electron chi connectivity index (χ4n) is 5.64. The van der Waals surface area contributed by atoms with Gasteiger partial charge in [-0.2, -0.15) is 18.3 Å². The van der Waals surface area contributed by atoms with Gasteiger partial charge in [0.05, 0.1) is 29.8 Å². The number of para-hydroxylation sites is 1. The van der Waals surface area contributed by atoms with Gasteiger partial charge in [0, 0.05) is 36.3 Å². The van der Waals surface area contributed by atoms with Crippen LogP contribution in [0, 0.1) is 5.82 Å². The molecule has 0 radical (unpaired) electrons. The van der Waals surface area contributed by atoms with Crippen LogP contribution < -0.4 is 10.2 Å². The largest absolute Gasteiger partial charge is 0.490 e. The number of pyridine rings is 1. The quantitative estimate of drug-likeness (QED) is 0.280. The van der Waals surface area contributed by atoms with Gasteiger partial charge in [0.2, 0.25) is 5.91 Å². The second kappa shape index (κ2) is 10.8. The lowest BCUT2D eigenvalue weighted by atomic mass is 9.91. The number of alkyl halides is 3. The van der Waals surface area contributed by atoms with Crippen molar-refractivity contribution in [2.45, 2.75) is 23.9 Å². The lowest BCUT2D eigenvalue weighted by Crippen LogP contribution is -2.36. The molecule has 3 aliphatic rings. The molecule has 2 aromatic carbocycles. The molecule has 222 valence electrons. The Labute approximate surface area is 242 Å². The van der Waals surface area contributed by atoms with Crippen LogP contribution in [-0.2, 0) is 19.7 Å². The first-order chi connectivity index (χ1) is 20.6. The number of H-pyrrole nitrogens is 1. The first-order valence-corrected chi connectivity index (χ1v) is 13.4. The Kier molecular flexibility index (Phi) is 7.12. The van der Waals surface area contributed by atoms with Gasteiger partial charge in [-0.15, -0.1) is 0 Å². The highest BCUT2D eigenvalue weighted by atomic mass is 19.4. The van der Waals surface area contributed by atoms with Crippen LogP contribution in [0.3, 0.4) is 0 Å². The highest BCUT2D eigenvalue weighted by Crippen LogP contribution is 2.65. The Morgan fingerprint density at radius 3 is 2.56 bits per heavy atom. The molecule has 4 heterocycles. The maximum absolute atomic E-state index is 15.4. The minimum absolute atomic E-state index is 0.0466. The number of morpholine rings is 1. The van der Waals surface area contributed by atoms with E-state index >= 15 is 4.39 Å². The van der Waals surface area contributed by atoms with Gasteiger partial charge in [-0.05, 0) is 59.5 Å². The number of carbonyl (C=O) groups is 2. The van der Waals surface area contributed by atoms with E-state index in [0.717, 1.165) is 54.5 Å². The third-order valence-corrected chi connectivity index (χ3v) is 7.89. The Bertz CT molecular complexity index is 1730. The number of carboxylic acid groups (broad SMARTS) is 1. The van der Waals surface area contributed by atoms with Crippen LogP contribution in [-0.4, -0.2) is 64.6 Å². The molecule has 9 nitrogen and oxygen atoms in total. The standard InChI is InChI=1S/C28H24FN5O2.C2HF3O2/c29-22-13-19-23(7-5-17-6-8-26(30-16-17)34-9-11-36-12-10-34)32-33-25(19)14-18(22)21-15-28(21)20-3-1-2-4-24(20)31-27(28)35;3-2(4,5)1(6)7/h1-8,13-14,16,21H,9-12,15H2,(H,31,35)(H,32,33);(H,6,7)/b7-5+;/t21-,28+;/m1./s1. The van der Waals surface area contributed by atoms with Crippen LogP contribution in [0.15, 0.2) is 54.7 Å². The summed E-state index contributed by atoms with van der Waals surface area (Å²) < 4.78 is 52.5. The number of anilines is 2. The molecule has 1 saturated heterocycles. The first kappa shape index (κ1) is 28.3. The normalized spacial score (nSPS) is 21.1. The molecule has 2 aliphatic heterocycles. The van der Waals surface area contributed by atoms with Crippen molar-refractivity contribution < 1.29 is 37.0 Å². The summed E-state index contributed by atoms with van der Waals surface area (Å²) in [6.45, 7) is 3.12. The van der Waals surface area contributed by atoms with Gasteiger partial charge in [-0.1, -0.05) is 24.3 Å². The molecule has 1 aliphatic carbocycles. The van der Waals surface area contributed by atoms with Gasteiger partial charge in [0.1, 0.15) is 11.6 Å². The van der Waals surface area contributed by atoms with Crippen LogP contribution in [0.2, 0.25) is 0 Å². The Balaban J connectivity index is 0.000000423. The zero-order chi connectivity index (χ0) is 30.4. The molecule has 13 heteroatoms. The Hall–Kier alpha value is -4.78.